The van der Waals surface area contributed by atoms with Crippen molar-refractivity contribution in [2.24, 2.45) is 0 Å². The number of nitrogen functional groups attached to an aromatic ring is 2. The van der Waals surface area contributed by atoms with Gasteiger partial charge in [-0.25, -0.2) is 0 Å². The van der Waals surface area contributed by atoms with Gasteiger partial charge in [0.1, 0.15) is 0 Å². The van der Waals surface area contributed by atoms with E-state index in [4.69, 9.17) is 16.2 Å². The van der Waals surface area contributed by atoms with Gasteiger partial charge in [-0.15, -0.1) is 0 Å². The number of hydrogen-bond acceptors (Lipinski definition) is 3. The Hall–Kier alpha value is -3.56. The molecule has 4 N–H and O–H groups in total. The molecule has 3 nitrogen and oxygen atoms in total. The number of benzene rings is 4. The number of anilines is 2. The minimum atomic E-state index is 0.521. The standard InChI is InChI=1S/C30H32N2O/c1-19-13-15-25(21(3)29(19)31)27-11-7-5-9-23(27)17-33-18-24-10-6-8-12-28(24)26-16-14-20(2)30(32)22(26)4/h5-16H,17-18,31-32H2,1-4H3. The van der Waals surface area contributed by atoms with E-state index in [0.29, 0.717) is 13.2 Å². The third-order valence-corrected chi connectivity index (χ3v) is 6.60. The van der Waals surface area contributed by atoms with E-state index < -0.39 is 0 Å². The van der Waals surface area contributed by atoms with Gasteiger partial charge < -0.3 is 16.2 Å². The third-order valence-electron chi connectivity index (χ3n) is 6.60. The number of ether oxygens (including phenoxy) is 1. The molecule has 0 bridgehead atoms. The molecule has 0 aromatic heterocycles. The Morgan fingerprint density at radius 3 is 1.33 bits per heavy atom. The van der Waals surface area contributed by atoms with Gasteiger partial charge in [-0.1, -0.05) is 72.8 Å². The highest BCUT2D eigenvalue weighted by Crippen LogP contribution is 2.34. The summed E-state index contributed by atoms with van der Waals surface area (Å²) < 4.78 is 6.26. The minimum Gasteiger partial charge on any atom is -0.398 e. The van der Waals surface area contributed by atoms with Crippen molar-refractivity contribution in [2.45, 2.75) is 40.9 Å². The van der Waals surface area contributed by atoms with Gasteiger partial charge in [-0.2, -0.15) is 0 Å². The second kappa shape index (κ2) is 9.51. The molecule has 0 fully saturated rings. The summed E-state index contributed by atoms with van der Waals surface area (Å²) in [6.07, 6.45) is 0. The zero-order chi connectivity index (χ0) is 23.5. The summed E-state index contributed by atoms with van der Waals surface area (Å²) in [5.74, 6) is 0. The fraction of sp³-hybridized carbons (Fsp3) is 0.200. The van der Waals surface area contributed by atoms with Crippen LogP contribution < -0.4 is 11.5 Å². The lowest BCUT2D eigenvalue weighted by Gasteiger charge is -2.17. The Labute approximate surface area is 197 Å². The lowest BCUT2D eigenvalue weighted by atomic mass is 9.93. The Kier molecular flexibility index (Phi) is 6.52. The minimum absolute atomic E-state index is 0.521. The first kappa shape index (κ1) is 22.6. The van der Waals surface area contributed by atoms with Crippen molar-refractivity contribution in [3.63, 3.8) is 0 Å². The molecule has 168 valence electrons. The number of hydrogen-bond donors (Lipinski definition) is 2. The molecule has 0 atom stereocenters. The maximum absolute atomic E-state index is 6.31. The molecule has 0 spiro atoms. The van der Waals surface area contributed by atoms with Crippen LogP contribution >= 0.6 is 0 Å². The highest BCUT2D eigenvalue weighted by atomic mass is 16.5. The van der Waals surface area contributed by atoms with Crippen LogP contribution in [0.3, 0.4) is 0 Å². The molecule has 0 unspecified atom stereocenters. The third kappa shape index (κ3) is 4.50. The van der Waals surface area contributed by atoms with E-state index in [2.05, 4.69) is 86.6 Å². The average molecular weight is 437 g/mol. The van der Waals surface area contributed by atoms with E-state index >= 15 is 0 Å². The van der Waals surface area contributed by atoms with Gasteiger partial charge in [-0.05, 0) is 83.3 Å². The molecule has 0 saturated carbocycles. The summed E-state index contributed by atoms with van der Waals surface area (Å²) in [5, 5.41) is 0. The van der Waals surface area contributed by atoms with Crippen LogP contribution in [0, 0.1) is 27.7 Å². The molecule has 0 aliphatic heterocycles. The topological polar surface area (TPSA) is 61.3 Å². The molecular weight excluding hydrogens is 404 g/mol. The number of aryl methyl sites for hydroxylation is 2. The quantitative estimate of drug-likeness (QED) is 0.316. The zero-order valence-corrected chi connectivity index (χ0v) is 19.9. The second-order valence-corrected chi connectivity index (χ2v) is 8.74. The lowest BCUT2D eigenvalue weighted by molar-refractivity contribution is 0.108. The molecule has 0 saturated heterocycles. The summed E-state index contributed by atoms with van der Waals surface area (Å²) in [6.45, 7) is 9.30. The van der Waals surface area contributed by atoms with Gasteiger partial charge >= 0.3 is 0 Å². The van der Waals surface area contributed by atoms with Gasteiger partial charge in [0, 0.05) is 11.4 Å². The van der Waals surface area contributed by atoms with E-state index in [1.165, 1.54) is 0 Å². The maximum atomic E-state index is 6.31. The Morgan fingerprint density at radius 1 is 0.515 bits per heavy atom. The molecule has 4 aromatic carbocycles. The van der Waals surface area contributed by atoms with Crippen molar-refractivity contribution in [3.05, 3.63) is 106 Å². The van der Waals surface area contributed by atoms with Crippen molar-refractivity contribution in [3.8, 4) is 22.3 Å². The lowest BCUT2D eigenvalue weighted by Crippen LogP contribution is -2.01. The highest BCUT2D eigenvalue weighted by molar-refractivity contribution is 5.77. The molecular formula is C30H32N2O. The maximum Gasteiger partial charge on any atom is 0.0727 e. The van der Waals surface area contributed by atoms with Crippen LogP contribution in [0.4, 0.5) is 11.4 Å². The van der Waals surface area contributed by atoms with Crippen LogP contribution in [0.1, 0.15) is 33.4 Å². The van der Waals surface area contributed by atoms with Crippen LogP contribution in [0.5, 0.6) is 0 Å². The van der Waals surface area contributed by atoms with Crippen LogP contribution in [-0.4, -0.2) is 0 Å². The Balaban J connectivity index is 1.58. The predicted molar refractivity (Wildman–Crippen MR) is 140 cm³/mol. The normalized spacial score (nSPS) is 11.0. The summed E-state index contributed by atoms with van der Waals surface area (Å²) >= 11 is 0. The fourth-order valence-corrected chi connectivity index (χ4v) is 4.40. The second-order valence-electron chi connectivity index (χ2n) is 8.74. The molecule has 4 aromatic rings. The summed E-state index contributed by atoms with van der Waals surface area (Å²) in [7, 11) is 0. The molecule has 33 heavy (non-hydrogen) atoms. The van der Waals surface area contributed by atoms with Gasteiger partial charge in [-0.3, -0.25) is 0 Å². The monoisotopic (exact) mass is 436 g/mol. The Morgan fingerprint density at radius 2 is 0.909 bits per heavy atom. The number of nitrogens with two attached hydrogens (primary N) is 2. The SMILES string of the molecule is Cc1ccc(-c2ccccc2COCc2ccccc2-c2ccc(C)c(N)c2C)c(C)c1N. The van der Waals surface area contributed by atoms with Gasteiger partial charge in [0.2, 0.25) is 0 Å². The van der Waals surface area contributed by atoms with Crippen LogP contribution in [0.15, 0.2) is 72.8 Å². The molecule has 4 rings (SSSR count). The van der Waals surface area contributed by atoms with Gasteiger partial charge in [0.05, 0.1) is 13.2 Å². The molecule has 0 amide bonds. The first-order valence-electron chi connectivity index (χ1n) is 11.3. The first-order valence-corrected chi connectivity index (χ1v) is 11.3. The fourth-order valence-electron chi connectivity index (χ4n) is 4.40. The average Bonchev–Trinajstić information content (AvgIpc) is 2.82. The predicted octanol–water partition coefficient (Wildman–Crippen LogP) is 7.14. The van der Waals surface area contributed by atoms with Crippen LogP contribution in [0.2, 0.25) is 0 Å². The molecule has 3 heteroatoms. The number of rotatable bonds is 6. The van der Waals surface area contributed by atoms with Crippen molar-refractivity contribution in [2.75, 3.05) is 11.5 Å². The molecule has 0 aliphatic rings. The summed E-state index contributed by atoms with van der Waals surface area (Å²) in [5.41, 5.74) is 25.7. The van der Waals surface area contributed by atoms with E-state index in [1.54, 1.807) is 0 Å². The van der Waals surface area contributed by atoms with Crippen LogP contribution in [0.25, 0.3) is 22.3 Å². The van der Waals surface area contributed by atoms with Crippen molar-refractivity contribution < 1.29 is 4.74 Å². The summed E-state index contributed by atoms with van der Waals surface area (Å²) in [6, 6.07) is 25.3. The Bertz CT molecular complexity index is 1210. The van der Waals surface area contributed by atoms with E-state index in [-0.39, 0.29) is 0 Å². The van der Waals surface area contributed by atoms with Gasteiger partial charge in [0.25, 0.3) is 0 Å². The zero-order valence-electron chi connectivity index (χ0n) is 19.9. The first-order chi connectivity index (χ1) is 15.9. The highest BCUT2D eigenvalue weighted by Gasteiger charge is 2.13. The summed E-state index contributed by atoms with van der Waals surface area (Å²) in [4.78, 5) is 0. The van der Waals surface area contributed by atoms with E-state index in [1.807, 2.05) is 13.8 Å². The van der Waals surface area contributed by atoms with Crippen molar-refractivity contribution in [1.29, 1.82) is 0 Å². The van der Waals surface area contributed by atoms with E-state index in [0.717, 1.165) is 67.0 Å². The van der Waals surface area contributed by atoms with Crippen LogP contribution in [-0.2, 0) is 18.0 Å². The van der Waals surface area contributed by atoms with Crippen molar-refractivity contribution in [1.82, 2.24) is 0 Å². The molecule has 0 radical (unpaired) electrons. The van der Waals surface area contributed by atoms with Crippen molar-refractivity contribution >= 4 is 11.4 Å². The smallest absolute Gasteiger partial charge is 0.0727 e. The largest absolute Gasteiger partial charge is 0.398 e. The molecule has 0 aliphatic carbocycles. The van der Waals surface area contributed by atoms with E-state index in [9.17, 15) is 0 Å². The van der Waals surface area contributed by atoms with Gasteiger partial charge in [0.15, 0.2) is 0 Å². The molecule has 0 heterocycles.